The first-order chi connectivity index (χ1) is 3.41. The molecule has 0 amide bonds. The van der Waals surface area contributed by atoms with Crippen molar-refractivity contribution >= 4 is 19.5 Å². The Balaban J connectivity index is 2.68. The molecule has 0 fully saturated rings. The summed E-state index contributed by atoms with van der Waals surface area (Å²) in [6.07, 6.45) is 0. The highest BCUT2D eigenvalue weighted by Gasteiger charge is 1.75. The molecule has 0 unspecified atom stereocenters. The Morgan fingerprint density at radius 3 is 2.71 bits per heavy atom. The highest BCUT2D eigenvalue weighted by Crippen LogP contribution is 1.65. The van der Waals surface area contributed by atoms with Gasteiger partial charge in [0, 0.05) is 0 Å². The number of hydrogen-bond acceptors (Lipinski definition) is 1. The minimum Gasteiger partial charge on any atom is -0.457 e. The Hall–Kier alpha value is -0.126. The van der Waals surface area contributed by atoms with Crippen molar-refractivity contribution < 1.29 is 4.12 Å². The summed E-state index contributed by atoms with van der Waals surface area (Å²) in [7, 11) is -0.289. The van der Waals surface area contributed by atoms with Crippen molar-refractivity contribution in [1.82, 2.24) is 0 Å². The topological polar surface area (TPSA) is 9.23 Å². The van der Waals surface area contributed by atoms with Crippen LogP contribution >= 0.6 is 0 Å². The van der Waals surface area contributed by atoms with Gasteiger partial charge in [0.15, 0.2) is 9.76 Å². The first kappa shape index (κ1) is 6.87. The minimum absolute atomic E-state index is 0.0706. The van der Waals surface area contributed by atoms with Crippen molar-refractivity contribution in [3.05, 3.63) is 24.6 Å². The van der Waals surface area contributed by atoms with Gasteiger partial charge in [0.25, 0.3) is 0 Å². The Morgan fingerprint density at radius 2 is 2.29 bits per heavy atom. The fourth-order valence-corrected chi connectivity index (χ4v) is 1.72. The van der Waals surface area contributed by atoms with E-state index in [9.17, 15) is 0 Å². The summed E-state index contributed by atoms with van der Waals surface area (Å²) in [5, 5.41) is 0. The van der Waals surface area contributed by atoms with Gasteiger partial charge in [0.1, 0.15) is 0 Å². The van der Waals surface area contributed by atoms with Gasteiger partial charge in [0.2, 0.25) is 9.76 Å². The van der Waals surface area contributed by atoms with Crippen LogP contribution in [0, 0.1) is 0 Å². The quantitative estimate of drug-likeness (QED) is 0.375. The Morgan fingerprint density at radius 1 is 1.57 bits per heavy atom. The zero-order chi connectivity index (χ0) is 5.54. The molecule has 0 saturated carbocycles. The van der Waals surface area contributed by atoms with Crippen LogP contribution in [-0.2, 0) is 4.12 Å². The van der Waals surface area contributed by atoms with Crippen molar-refractivity contribution in [3.8, 4) is 0 Å². The van der Waals surface area contributed by atoms with E-state index in [0.717, 1.165) is 0 Å². The van der Waals surface area contributed by atoms with Gasteiger partial charge >= 0.3 is 0 Å². The molecule has 0 aliphatic heterocycles. The molecule has 0 rings (SSSR count). The van der Waals surface area contributed by atoms with E-state index in [2.05, 4.69) is 13.2 Å². The van der Waals surface area contributed by atoms with Gasteiger partial charge in [-0.1, -0.05) is 11.4 Å². The van der Waals surface area contributed by atoms with Gasteiger partial charge in [-0.15, -0.1) is 13.2 Å². The predicted octanol–water partition coefficient (Wildman–Crippen LogP) is -0.275. The molecule has 0 aromatic rings. The summed E-state index contributed by atoms with van der Waals surface area (Å²) < 4.78 is 5.12. The van der Waals surface area contributed by atoms with Crippen LogP contribution in [-0.4, -0.2) is 19.5 Å². The molecule has 0 aromatic carbocycles. The average molecular weight is 129 g/mol. The largest absolute Gasteiger partial charge is 0.457 e. The molecule has 7 heavy (non-hydrogen) atoms. The molecule has 0 saturated heterocycles. The molecule has 0 aliphatic rings. The smallest absolute Gasteiger partial charge is 0.206 e. The second kappa shape index (κ2) is 5.87. The van der Waals surface area contributed by atoms with Crippen molar-refractivity contribution in [2.75, 3.05) is 0 Å². The average Bonchev–Trinajstić information content (AvgIpc) is 1.69. The summed E-state index contributed by atoms with van der Waals surface area (Å²) in [5.41, 5.74) is 3.70. The fraction of sp³-hybridized carbons (Fsp3) is 0. The number of rotatable bonds is 4. The Labute approximate surface area is 49.0 Å². The lowest BCUT2D eigenvalue weighted by molar-refractivity contribution is 0.661. The molecule has 1 radical (unpaired) electrons. The first-order valence-corrected chi connectivity index (χ1v) is 4.61. The van der Waals surface area contributed by atoms with Crippen LogP contribution in [0.1, 0.15) is 0 Å². The molecule has 0 atom stereocenters. The van der Waals surface area contributed by atoms with Gasteiger partial charge < -0.3 is 4.12 Å². The standard InChI is InChI=1S/C4H9OSi2/c1-3-6-5-7-4-2/h3-4,6H,1-2,7H2. The van der Waals surface area contributed by atoms with Crippen LogP contribution in [0.4, 0.5) is 0 Å². The van der Waals surface area contributed by atoms with Crippen LogP contribution < -0.4 is 0 Å². The molecular formula is C4H9OSi2. The second-order valence-corrected chi connectivity index (χ2v) is 3.98. The van der Waals surface area contributed by atoms with E-state index in [1.54, 1.807) is 0 Å². The maximum absolute atomic E-state index is 5.12. The van der Waals surface area contributed by atoms with Gasteiger partial charge in [0.05, 0.1) is 0 Å². The van der Waals surface area contributed by atoms with E-state index in [1.165, 1.54) is 0 Å². The van der Waals surface area contributed by atoms with E-state index in [-0.39, 0.29) is 19.5 Å². The summed E-state index contributed by atoms with van der Waals surface area (Å²) in [6, 6.07) is 0. The van der Waals surface area contributed by atoms with Crippen LogP contribution in [0.15, 0.2) is 24.6 Å². The maximum Gasteiger partial charge on any atom is 0.206 e. The molecule has 0 N–H and O–H groups in total. The van der Waals surface area contributed by atoms with Crippen LogP contribution in [0.5, 0.6) is 0 Å². The van der Waals surface area contributed by atoms with Gasteiger partial charge in [-0.3, -0.25) is 0 Å². The van der Waals surface area contributed by atoms with E-state index >= 15 is 0 Å². The van der Waals surface area contributed by atoms with Gasteiger partial charge in [-0.2, -0.15) is 0 Å². The SMILES string of the molecule is C=C[SiH]O[SiH2]C=C. The third-order valence-corrected chi connectivity index (χ3v) is 2.37. The zero-order valence-electron chi connectivity index (χ0n) is 4.26. The molecule has 0 aromatic heterocycles. The van der Waals surface area contributed by atoms with Crippen LogP contribution in [0.2, 0.25) is 0 Å². The molecule has 0 aliphatic carbocycles. The molecular weight excluding hydrogens is 120 g/mol. The summed E-state index contributed by atoms with van der Waals surface area (Å²) in [5.74, 6) is 0. The van der Waals surface area contributed by atoms with E-state index in [0.29, 0.717) is 0 Å². The summed E-state index contributed by atoms with van der Waals surface area (Å²) >= 11 is 0. The molecule has 0 spiro atoms. The lowest BCUT2D eigenvalue weighted by Gasteiger charge is -1.88. The number of hydrogen-bond donors (Lipinski definition) is 0. The van der Waals surface area contributed by atoms with E-state index in [1.807, 2.05) is 11.4 Å². The molecule has 3 heteroatoms. The van der Waals surface area contributed by atoms with Crippen molar-refractivity contribution in [2.45, 2.75) is 0 Å². The Bertz CT molecular complexity index is 54.7. The van der Waals surface area contributed by atoms with Crippen LogP contribution in [0.3, 0.4) is 0 Å². The molecule has 0 bridgehead atoms. The molecule has 1 nitrogen and oxygen atoms in total. The third-order valence-electron chi connectivity index (χ3n) is 0.407. The lowest BCUT2D eigenvalue weighted by Crippen LogP contribution is -1.96. The Kier molecular flexibility index (Phi) is 5.77. The van der Waals surface area contributed by atoms with Crippen molar-refractivity contribution in [1.29, 1.82) is 0 Å². The van der Waals surface area contributed by atoms with E-state index < -0.39 is 0 Å². The highest BCUT2D eigenvalue weighted by molar-refractivity contribution is 6.48. The molecule has 39 valence electrons. The van der Waals surface area contributed by atoms with Gasteiger partial charge in [-0.25, -0.2) is 0 Å². The third kappa shape index (κ3) is 5.87. The van der Waals surface area contributed by atoms with Gasteiger partial charge in [-0.05, 0) is 0 Å². The van der Waals surface area contributed by atoms with Crippen LogP contribution in [0.25, 0.3) is 0 Å². The minimum atomic E-state index is -0.360. The highest BCUT2D eigenvalue weighted by atomic mass is 28.3. The summed E-state index contributed by atoms with van der Waals surface area (Å²) in [4.78, 5) is 0. The monoisotopic (exact) mass is 129 g/mol. The maximum atomic E-state index is 5.12. The normalized spacial score (nSPS) is 9.71. The fourth-order valence-electron chi connectivity index (χ4n) is 0.192. The second-order valence-electron chi connectivity index (χ2n) is 0.994. The van der Waals surface area contributed by atoms with Crippen molar-refractivity contribution in [2.24, 2.45) is 0 Å². The first-order valence-electron chi connectivity index (χ1n) is 2.08. The zero-order valence-corrected chi connectivity index (χ0v) is 6.83. The lowest BCUT2D eigenvalue weighted by atomic mass is 11.3. The van der Waals surface area contributed by atoms with E-state index in [4.69, 9.17) is 4.12 Å². The van der Waals surface area contributed by atoms with Crippen molar-refractivity contribution in [3.63, 3.8) is 0 Å². The molecule has 0 heterocycles. The summed E-state index contributed by atoms with van der Waals surface area (Å²) in [6.45, 7) is 7.08. The predicted molar refractivity (Wildman–Crippen MR) is 37.2 cm³/mol.